The lowest BCUT2D eigenvalue weighted by atomic mass is 10.0. The number of rotatable bonds is 5. The number of benzene rings is 2. The van der Waals surface area contributed by atoms with Crippen LogP contribution in [0.1, 0.15) is 41.3 Å². The van der Waals surface area contributed by atoms with Gasteiger partial charge in [0.25, 0.3) is 5.91 Å². The van der Waals surface area contributed by atoms with E-state index in [0.29, 0.717) is 22.7 Å². The minimum atomic E-state index is -3.34. The van der Waals surface area contributed by atoms with Crippen molar-refractivity contribution < 1.29 is 13.2 Å². The van der Waals surface area contributed by atoms with Crippen LogP contribution in [0.3, 0.4) is 0 Å². The molecule has 0 aliphatic rings. The molecule has 0 unspecified atom stereocenters. The average molecular weight is 346 g/mol. The first-order valence-corrected chi connectivity index (χ1v) is 9.54. The second-order valence-electron chi connectivity index (χ2n) is 6.13. The van der Waals surface area contributed by atoms with Crippen LogP contribution < -0.4 is 10.0 Å². The van der Waals surface area contributed by atoms with Crippen molar-refractivity contribution in [2.45, 2.75) is 26.7 Å². The molecule has 1 amide bonds. The van der Waals surface area contributed by atoms with Gasteiger partial charge < -0.3 is 5.32 Å². The van der Waals surface area contributed by atoms with Gasteiger partial charge in [-0.3, -0.25) is 9.52 Å². The second kappa shape index (κ2) is 7.05. The highest BCUT2D eigenvalue weighted by Crippen LogP contribution is 2.20. The number of hydrogen-bond acceptors (Lipinski definition) is 3. The van der Waals surface area contributed by atoms with Crippen molar-refractivity contribution in [2.24, 2.45) is 0 Å². The molecular weight excluding hydrogens is 324 g/mol. The molecule has 0 aliphatic heterocycles. The van der Waals surface area contributed by atoms with Gasteiger partial charge in [0.15, 0.2) is 0 Å². The Kier molecular flexibility index (Phi) is 5.29. The van der Waals surface area contributed by atoms with E-state index in [2.05, 4.69) is 23.9 Å². The van der Waals surface area contributed by atoms with Gasteiger partial charge in [-0.15, -0.1) is 0 Å². The highest BCUT2D eigenvalue weighted by molar-refractivity contribution is 7.92. The van der Waals surface area contributed by atoms with E-state index in [0.717, 1.165) is 11.9 Å². The summed E-state index contributed by atoms with van der Waals surface area (Å²) in [6, 6.07) is 12.6. The van der Waals surface area contributed by atoms with Gasteiger partial charge in [-0.2, -0.15) is 0 Å². The summed E-state index contributed by atoms with van der Waals surface area (Å²) in [4.78, 5) is 12.3. The van der Waals surface area contributed by atoms with Crippen molar-refractivity contribution in [1.82, 2.24) is 0 Å². The van der Waals surface area contributed by atoms with Crippen molar-refractivity contribution in [3.8, 4) is 0 Å². The Bertz CT molecular complexity index is 841. The van der Waals surface area contributed by atoms with Crippen molar-refractivity contribution in [3.63, 3.8) is 0 Å². The summed E-state index contributed by atoms with van der Waals surface area (Å²) in [5, 5.41) is 2.84. The standard InChI is InChI=1S/C18H22N2O3S/c1-12(2)14-5-8-16(9-6-14)19-18(21)15-7-10-17(13(3)11-15)20-24(4,22)23/h5-12,20H,1-4H3,(H,19,21). The van der Waals surface area contributed by atoms with Crippen LogP contribution in [0.25, 0.3) is 0 Å². The van der Waals surface area contributed by atoms with Crippen LogP contribution in [-0.2, 0) is 10.0 Å². The summed E-state index contributed by atoms with van der Waals surface area (Å²) in [6.45, 7) is 5.98. The maximum Gasteiger partial charge on any atom is 0.255 e. The van der Waals surface area contributed by atoms with E-state index in [1.165, 1.54) is 5.56 Å². The molecular formula is C18H22N2O3S. The molecule has 0 saturated carbocycles. The van der Waals surface area contributed by atoms with Crippen molar-refractivity contribution >= 4 is 27.3 Å². The predicted octanol–water partition coefficient (Wildman–Crippen LogP) is 3.74. The van der Waals surface area contributed by atoms with E-state index >= 15 is 0 Å². The Morgan fingerprint density at radius 3 is 2.17 bits per heavy atom. The zero-order valence-electron chi connectivity index (χ0n) is 14.3. The molecule has 0 fully saturated rings. The monoisotopic (exact) mass is 346 g/mol. The van der Waals surface area contributed by atoms with E-state index in [-0.39, 0.29) is 5.91 Å². The molecule has 5 nitrogen and oxygen atoms in total. The Labute approximate surface area is 143 Å². The molecule has 0 aliphatic carbocycles. The second-order valence-corrected chi connectivity index (χ2v) is 7.88. The Morgan fingerprint density at radius 2 is 1.67 bits per heavy atom. The van der Waals surface area contributed by atoms with E-state index in [4.69, 9.17) is 0 Å². The minimum Gasteiger partial charge on any atom is -0.322 e. The molecule has 0 aromatic heterocycles. The number of carbonyl (C=O) groups excluding carboxylic acids is 1. The summed E-state index contributed by atoms with van der Waals surface area (Å²) in [5.41, 5.74) is 3.55. The van der Waals surface area contributed by atoms with Gasteiger partial charge >= 0.3 is 0 Å². The van der Waals surface area contributed by atoms with Gasteiger partial charge in [-0.25, -0.2) is 8.42 Å². The Hall–Kier alpha value is -2.34. The number of hydrogen-bond donors (Lipinski definition) is 2. The first-order chi connectivity index (χ1) is 11.2. The fourth-order valence-corrected chi connectivity index (χ4v) is 2.90. The summed E-state index contributed by atoms with van der Waals surface area (Å²) < 4.78 is 25.0. The third-order valence-corrected chi connectivity index (χ3v) is 4.21. The fraction of sp³-hybridized carbons (Fsp3) is 0.278. The molecule has 0 spiro atoms. The topological polar surface area (TPSA) is 75.3 Å². The Balaban J connectivity index is 2.13. The molecule has 0 heterocycles. The fourth-order valence-electron chi connectivity index (χ4n) is 2.27. The van der Waals surface area contributed by atoms with E-state index in [1.807, 2.05) is 24.3 Å². The smallest absolute Gasteiger partial charge is 0.255 e. The molecule has 6 heteroatoms. The minimum absolute atomic E-state index is 0.235. The molecule has 0 saturated heterocycles. The maximum absolute atomic E-state index is 12.3. The van der Waals surface area contributed by atoms with Gasteiger partial charge in [0.05, 0.1) is 11.9 Å². The zero-order valence-corrected chi connectivity index (χ0v) is 15.1. The third-order valence-electron chi connectivity index (χ3n) is 3.62. The third kappa shape index (κ3) is 4.83. The molecule has 2 aromatic rings. The van der Waals surface area contributed by atoms with Crippen LogP contribution in [0, 0.1) is 6.92 Å². The summed E-state index contributed by atoms with van der Waals surface area (Å²) in [7, 11) is -3.34. The first-order valence-electron chi connectivity index (χ1n) is 7.65. The number of sulfonamides is 1. The Morgan fingerprint density at radius 1 is 1.04 bits per heavy atom. The lowest BCUT2D eigenvalue weighted by molar-refractivity contribution is 0.102. The highest BCUT2D eigenvalue weighted by atomic mass is 32.2. The predicted molar refractivity (Wildman–Crippen MR) is 98.1 cm³/mol. The van der Waals surface area contributed by atoms with Crippen LogP contribution in [0.4, 0.5) is 11.4 Å². The van der Waals surface area contributed by atoms with Crippen molar-refractivity contribution in [1.29, 1.82) is 0 Å². The summed E-state index contributed by atoms with van der Waals surface area (Å²) >= 11 is 0. The number of carbonyl (C=O) groups is 1. The summed E-state index contributed by atoms with van der Waals surface area (Å²) in [6.07, 6.45) is 1.09. The maximum atomic E-state index is 12.3. The zero-order chi connectivity index (χ0) is 17.9. The highest BCUT2D eigenvalue weighted by Gasteiger charge is 2.10. The van der Waals surface area contributed by atoms with E-state index in [9.17, 15) is 13.2 Å². The lowest BCUT2D eigenvalue weighted by Crippen LogP contribution is -2.14. The quantitative estimate of drug-likeness (QED) is 0.866. The molecule has 0 radical (unpaired) electrons. The van der Waals surface area contributed by atoms with Crippen molar-refractivity contribution in [2.75, 3.05) is 16.3 Å². The summed E-state index contributed by atoms with van der Waals surface area (Å²) in [5.74, 6) is 0.202. The number of nitrogens with one attached hydrogen (secondary N) is 2. The van der Waals surface area contributed by atoms with E-state index < -0.39 is 10.0 Å². The molecule has 2 aromatic carbocycles. The van der Waals surface area contributed by atoms with Crippen molar-refractivity contribution in [3.05, 3.63) is 59.2 Å². The van der Waals surface area contributed by atoms with Crippen LogP contribution >= 0.6 is 0 Å². The van der Waals surface area contributed by atoms with Crippen LogP contribution in [0.2, 0.25) is 0 Å². The largest absolute Gasteiger partial charge is 0.322 e. The molecule has 24 heavy (non-hydrogen) atoms. The van der Waals surface area contributed by atoms with Crippen LogP contribution in [-0.4, -0.2) is 20.6 Å². The normalized spacial score (nSPS) is 11.4. The molecule has 0 bridgehead atoms. The number of anilines is 2. The van der Waals surface area contributed by atoms with E-state index in [1.54, 1.807) is 25.1 Å². The van der Waals surface area contributed by atoms with Gasteiger partial charge in [0.2, 0.25) is 10.0 Å². The van der Waals surface area contributed by atoms with Gasteiger partial charge in [-0.1, -0.05) is 26.0 Å². The van der Waals surface area contributed by atoms with Gasteiger partial charge in [0, 0.05) is 11.3 Å². The lowest BCUT2D eigenvalue weighted by Gasteiger charge is -2.11. The number of aryl methyl sites for hydroxylation is 1. The van der Waals surface area contributed by atoms with Gasteiger partial charge in [0.1, 0.15) is 0 Å². The molecule has 2 N–H and O–H groups in total. The SMILES string of the molecule is Cc1cc(C(=O)Nc2ccc(C(C)C)cc2)ccc1NS(C)(=O)=O. The molecule has 0 atom stereocenters. The molecule has 128 valence electrons. The average Bonchev–Trinajstić information content (AvgIpc) is 2.48. The van der Waals surface area contributed by atoms with Crippen LogP contribution in [0.5, 0.6) is 0 Å². The molecule has 2 rings (SSSR count). The number of amides is 1. The first kappa shape index (κ1) is 18.0. The van der Waals surface area contributed by atoms with Gasteiger partial charge in [-0.05, 0) is 54.3 Å². The van der Waals surface area contributed by atoms with Crippen LogP contribution in [0.15, 0.2) is 42.5 Å².